The first kappa shape index (κ1) is 22.8. The molecule has 0 radical (unpaired) electrons. The van der Waals surface area contributed by atoms with E-state index in [4.69, 9.17) is 4.98 Å². The molecule has 0 unspecified atom stereocenters. The minimum absolute atomic E-state index is 0.249. The first-order valence-electron chi connectivity index (χ1n) is 11.4. The number of anilines is 1. The van der Waals surface area contributed by atoms with Crippen LogP contribution in [0.15, 0.2) is 24.5 Å². The number of fused-ring (bicyclic) bond motifs is 1. The molecule has 0 saturated heterocycles. The second kappa shape index (κ2) is 8.87. The number of carbonyl (C=O) groups excluding carboxylic acids is 1. The lowest BCUT2D eigenvalue weighted by Crippen LogP contribution is -2.21. The van der Waals surface area contributed by atoms with Gasteiger partial charge in [0.25, 0.3) is 5.91 Å². The first-order chi connectivity index (χ1) is 15.1. The number of benzene rings is 1. The standard InChI is InChI=1S/C25H32N4O2S/c1-14(2)16-6-8-17(9-7-16)24-29-20-10-18(25(4,5)31)19(11-22(20)32-24)28-23(30)21-13-26-12-15(3)27-21/h10-14,16-17,31H,6-9H2,1-5H3,(H,28,30). The van der Waals surface area contributed by atoms with E-state index >= 15 is 0 Å². The Morgan fingerprint density at radius 2 is 1.88 bits per heavy atom. The molecule has 1 aliphatic carbocycles. The van der Waals surface area contributed by atoms with E-state index in [0.717, 1.165) is 27.1 Å². The highest BCUT2D eigenvalue weighted by Crippen LogP contribution is 2.42. The lowest BCUT2D eigenvalue weighted by Gasteiger charge is -2.29. The third-order valence-electron chi connectivity index (χ3n) is 6.50. The van der Waals surface area contributed by atoms with Crippen molar-refractivity contribution in [2.75, 3.05) is 5.32 Å². The predicted molar refractivity (Wildman–Crippen MR) is 129 cm³/mol. The SMILES string of the molecule is Cc1cncc(C(=O)Nc2cc3sc(C4CCC(C(C)C)CC4)nc3cc2C(C)(C)O)n1. The number of nitrogens with one attached hydrogen (secondary N) is 1. The number of thiazole rings is 1. The largest absolute Gasteiger partial charge is 0.386 e. The van der Waals surface area contributed by atoms with Gasteiger partial charge in [-0.1, -0.05) is 13.8 Å². The number of amides is 1. The second-order valence-electron chi connectivity index (χ2n) is 9.83. The van der Waals surface area contributed by atoms with Crippen LogP contribution in [0.5, 0.6) is 0 Å². The lowest BCUT2D eigenvalue weighted by atomic mass is 9.77. The van der Waals surface area contributed by atoms with Crippen LogP contribution in [0.4, 0.5) is 5.69 Å². The zero-order chi connectivity index (χ0) is 23.0. The molecule has 1 fully saturated rings. The van der Waals surface area contributed by atoms with Gasteiger partial charge >= 0.3 is 0 Å². The topological polar surface area (TPSA) is 88.0 Å². The van der Waals surface area contributed by atoms with Gasteiger partial charge in [0.2, 0.25) is 0 Å². The molecule has 1 amide bonds. The molecule has 3 aromatic rings. The summed E-state index contributed by atoms with van der Waals surface area (Å²) in [5.41, 5.74) is 1.89. The molecule has 32 heavy (non-hydrogen) atoms. The van der Waals surface area contributed by atoms with Crippen LogP contribution >= 0.6 is 11.3 Å². The van der Waals surface area contributed by atoms with Crippen molar-refractivity contribution in [3.8, 4) is 0 Å². The van der Waals surface area contributed by atoms with E-state index in [9.17, 15) is 9.90 Å². The summed E-state index contributed by atoms with van der Waals surface area (Å²) in [7, 11) is 0. The maximum absolute atomic E-state index is 12.8. The van der Waals surface area contributed by atoms with Gasteiger partial charge in [-0.05, 0) is 70.4 Å². The molecule has 1 saturated carbocycles. The summed E-state index contributed by atoms with van der Waals surface area (Å²) in [6.07, 6.45) is 7.92. The van der Waals surface area contributed by atoms with Crippen molar-refractivity contribution < 1.29 is 9.90 Å². The van der Waals surface area contributed by atoms with E-state index in [1.165, 1.54) is 31.9 Å². The number of aliphatic hydroxyl groups is 1. The Labute approximate surface area is 193 Å². The smallest absolute Gasteiger partial charge is 0.275 e. The molecule has 6 nitrogen and oxygen atoms in total. The van der Waals surface area contributed by atoms with E-state index in [1.807, 2.05) is 12.1 Å². The number of carbonyl (C=O) groups is 1. The molecule has 7 heteroatoms. The Morgan fingerprint density at radius 1 is 1.16 bits per heavy atom. The quantitative estimate of drug-likeness (QED) is 0.510. The fourth-order valence-corrected chi connectivity index (χ4v) is 5.73. The summed E-state index contributed by atoms with van der Waals surface area (Å²) in [5, 5.41) is 14.9. The monoisotopic (exact) mass is 452 g/mol. The summed E-state index contributed by atoms with van der Waals surface area (Å²) in [6, 6.07) is 3.84. The molecule has 4 rings (SSSR count). The van der Waals surface area contributed by atoms with Gasteiger partial charge in [-0.15, -0.1) is 11.3 Å². The predicted octanol–water partition coefficient (Wildman–Crippen LogP) is 5.80. The van der Waals surface area contributed by atoms with Crippen molar-refractivity contribution in [1.82, 2.24) is 15.0 Å². The van der Waals surface area contributed by atoms with E-state index in [0.29, 0.717) is 22.9 Å². The highest BCUT2D eigenvalue weighted by atomic mass is 32.1. The van der Waals surface area contributed by atoms with Crippen LogP contribution < -0.4 is 5.32 Å². The van der Waals surface area contributed by atoms with Crippen molar-refractivity contribution in [3.63, 3.8) is 0 Å². The number of hydrogen-bond acceptors (Lipinski definition) is 6. The molecule has 170 valence electrons. The number of rotatable bonds is 5. The fourth-order valence-electron chi connectivity index (χ4n) is 4.57. The Balaban J connectivity index is 1.64. The minimum atomic E-state index is -1.13. The van der Waals surface area contributed by atoms with Crippen LogP contribution in [-0.4, -0.2) is 26.0 Å². The third kappa shape index (κ3) is 4.84. The van der Waals surface area contributed by atoms with E-state index in [-0.39, 0.29) is 11.6 Å². The van der Waals surface area contributed by atoms with Crippen LogP contribution in [0.1, 0.15) is 86.0 Å². The lowest BCUT2D eigenvalue weighted by molar-refractivity contribution is 0.0794. The zero-order valence-corrected chi connectivity index (χ0v) is 20.3. The second-order valence-corrected chi connectivity index (χ2v) is 10.9. The number of aryl methyl sites for hydroxylation is 1. The van der Waals surface area contributed by atoms with Gasteiger partial charge in [-0.2, -0.15) is 0 Å². The summed E-state index contributed by atoms with van der Waals surface area (Å²) in [6.45, 7) is 9.87. The molecule has 0 bridgehead atoms. The molecular formula is C25H32N4O2S. The zero-order valence-electron chi connectivity index (χ0n) is 19.5. The van der Waals surface area contributed by atoms with Gasteiger partial charge in [0.15, 0.2) is 0 Å². The number of aromatic nitrogens is 3. The molecule has 0 atom stereocenters. The van der Waals surface area contributed by atoms with Crippen molar-refractivity contribution in [2.24, 2.45) is 11.8 Å². The average Bonchev–Trinajstić information content (AvgIpc) is 3.15. The van der Waals surface area contributed by atoms with Crippen LogP contribution in [0, 0.1) is 18.8 Å². The minimum Gasteiger partial charge on any atom is -0.386 e. The van der Waals surface area contributed by atoms with E-state index < -0.39 is 5.60 Å². The molecule has 0 spiro atoms. The van der Waals surface area contributed by atoms with Crippen LogP contribution in [0.2, 0.25) is 0 Å². The fraction of sp³-hybridized carbons (Fsp3) is 0.520. The van der Waals surface area contributed by atoms with E-state index in [2.05, 4.69) is 29.1 Å². The molecule has 1 aromatic carbocycles. The van der Waals surface area contributed by atoms with Gasteiger partial charge < -0.3 is 10.4 Å². The molecule has 0 aliphatic heterocycles. The summed E-state index contributed by atoms with van der Waals surface area (Å²) in [5.74, 6) is 1.70. The third-order valence-corrected chi connectivity index (χ3v) is 7.68. The number of hydrogen-bond donors (Lipinski definition) is 2. The van der Waals surface area contributed by atoms with Gasteiger partial charge in [0, 0.05) is 23.4 Å². The first-order valence-corrected chi connectivity index (χ1v) is 12.2. The molecule has 2 aromatic heterocycles. The van der Waals surface area contributed by atoms with Crippen LogP contribution in [-0.2, 0) is 5.60 Å². The van der Waals surface area contributed by atoms with Crippen molar-refractivity contribution in [1.29, 1.82) is 0 Å². The maximum atomic E-state index is 12.8. The van der Waals surface area contributed by atoms with Crippen molar-refractivity contribution in [2.45, 2.75) is 71.8 Å². The van der Waals surface area contributed by atoms with Crippen molar-refractivity contribution in [3.05, 3.63) is 46.5 Å². The van der Waals surface area contributed by atoms with Gasteiger partial charge in [-0.3, -0.25) is 9.78 Å². The molecule has 2 heterocycles. The summed E-state index contributed by atoms with van der Waals surface area (Å²) >= 11 is 1.70. The highest BCUT2D eigenvalue weighted by Gasteiger charge is 2.28. The normalized spacial score (nSPS) is 19.5. The van der Waals surface area contributed by atoms with Crippen LogP contribution in [0.3, 0.4) is 0 Å². The van der Waals surface area contributed by atoms with E-state index in [1.54, 1.807) is 38.3 Å². The highest BCUT2D eigenvalue weighted by molar-refractivity contribution is 7.18. The van der Waals surface area contributed by atoms with Crippen molar-refractivity contribution >= 4 is 33.1 Å². The molecule has 2 N–H and O–H groups in total. The maximum Gasteiger partial charge on any atom is 0.275 e. The Kier molecular flexibility index (Phi) is 6.32. The Bertz CT molecular complexity index is 1120. The Morgan fingerprint density at radius 3 is 2.50 bits per heavy atom. The summed E-state index contributed by atoms with van der Waals surface area (Å²) < 4.78 is 1.02. The van der Waals surface area contributed by atoms with Crippen LogP contribution in [0.25, 0.3) is 10.2 Å². The number of nitrogens with zero attached hydrogens (tertiary/aromatic N) is 3. The molecular weight excluding hydrogens is 420 g/mol. The van der Waals surface area contributed by atoms with Gasteiger partial charge in [0.05, 0.1) is 32.7 Å². The summed E-state index contributed by atoms with van der Waals surface area (Å²) in [4.78, 5) is 26.1. The molecule has 1 aliphatic rings. The Hall–Kier alpha value is -2.38. The van der Waals surface area contributed by atoms with Gasteiger partial charge in [0.1, 0.15) is 5.69 Å². The van der Waals surface area contributed by atoms with Gasteiger partial charge in [-0.25, -0.2) is 9.97 Å². The average molecular weight is 453 g/mol.